The van der Waals surface area contributed by atoms with Gasteiger partial charge in [-0.2, -0.15) is 0 Å². The third-order valence-corrected chi connectivity index (χ3v) is 3.82. The molecule has 0 fully saturated rings. The van der Waals surface area contributed by atoms with E-state index in [0.717, 1.165) is 16.9 Å². The summed E-state index contributed by atoms with van der Waals surface area (Å²) in [5.74, 6) is 0.983. The number of amides is 1. The number of anilines is 1. The largest absolute Gasteiger partial charge is 0.362 e. The van der Waals surface area contributed by atoms with Crippen LogP contribution in [0.5, 0.6) is 0 Å². The van der Waals surface area contributed by atoms with Gasteiger partial charge in [0.1, 0.15) is 5.82 Å². The summed E-state index contributed by atoms with van der Waals surface area (Å²) >= 11 is 5.97. The van der Waals surface area contributed by atoms with Gasteiger partial charge >= 0.3 is 0 Å². The van der Waals surface area contributed by atoms with Gasteiger partial charge in [0, 0.05) is 49.1 Å². The van der Waals surface area contributed by atoms with Gasteiger partial charge in [0.05, 0.1) is 0 Å². The molecule has 0 atom stereocenters. The van der Waals surface area contributed by atoms with Crippen LogP contribution in [0.1, 0.15) is 16.1 Å². The lowest BCUT2D eigenvalue weighted by Gasteiger charge is -2.15. The van der Waals surface area contributed by atoms with E-state index in [2.05, 4.69) is 15.5 Å². The second kappa shape index (κ2) is 7.36. The van der Waals surface area contributed by atoms with Crippen molar-refractivity contribution in [2.75, 3.05) is 19.0 Å². The number of hydrogen-bond acceptors (Lipinski definition) is 5. The fraction of sp³-hybridized carbons (Fsp3) is 0.167. The van der Waals surface area contributed by atoms with E-state index in [1.807, 2.05) is 43.3 Å². The van der Waals surface area contributed by atoms with Crippen LogP contribution >= 0.6 is 11.6 Å². The predicted molar refractivity (Wildman–Crippen MR) is 96.7 cm³/mol. The molecule has 0 saturated carbocycles. The van der Waals surface area contributed by atoms with Gasteiger partial charge in [-0.3, -0.25) is 4.79 Å². The number of hydrogen-bond donors (Lipinski definition) is 1. The maximum atomic E-state index is 12.3. The Balaban J connectivity index is 1.71. The Hall–Kier alpha value is -2.86. The second-order valence-electron chi connectivity index (χ2n) is 5.65. The smallest absolute Gasteiger partial charge is 0.273 e. The molecule has 0 radical (unpaired) electrons. The maximum Gasteiger partial charge on any atom is 0.273 e. The van der Waals surface area contributed by atoms with Crippen LogP contribution in [0.2, 0.25) is 5.02 Å². The van der Waals surface area contributed by atoms with Crippen molar-refractivity contribution in [1.82, 2.24) is 15.5 Å². The molecule has 0 bridgehead atoms. The van der Waals surface area contributed by atoms with Crippen LogP contribution < -0.4 is 10.2 Å². The lowest BCUT2D eigenvalue weighted by atomic mass is 10.1. The second-order valence-corrected chi connectivity index (χ2v) is 6.09. The number of nitrogens with one attached hydrogen (secondary N) is 1. The van der Waals surface area contributed by atoms with Crippen molar-refractivity contribution in [2.45, 2.75) is 6.54 Å². The first-order valence-electron chi connectivity index (χ1n) is 7.66. The Kier molecular flexibility index (Phi) is 5.00. The summed E-state index contributed by atoms with van der Waals surface area (Å²) < 4.78 is 5.25. The first-order chi connectivity index (χ1) is 12.0. The highest BCUT2D eigenvalue weighted by Gasteiger charge is 2.15. The minimum absolute atomic E-state index is 0.213. The van der Waals surface area contributed by atoms with Gasteiger partial charge in [-0.05, 0) is 18.2 Å². The maximum absolute atomic E-state index is 12.3. The molecule has 1 amide bonds. The summed E-state index contributed by atoms with van der Waals surface area (Å²) in [4.78, 5) is 18.5. The molecule has 0 aliphatic heterocycles. The molecule has 0 spiro atoms. The monoisotopic (exact) mass is 356 g/mol. The van der Waals surface area contributed by atoms with Crippen LogP contribution in [0.25, 0.3) is 11.3 Å². The van der Waals surface area contributed by atoms with Crippen LogP contribution in [0, 0.1) is 0 Å². The lowest BCUT2D eigenvalue weighted by molar-refractivity contribution is 0.0942. The highest BCUT2D eigenvalue weighted by molar-refractivity contribution is 6.30. The standard InChI is InChI=1S/C18H17ClN4O2/c1-23(2)17-13(6-4-8-20-17)11-21-18(24)15-10-16(25-22-15)12-5-3-7-14(19)9-12/h3-10H,11H2,1-2H3,(H,21,24). The molecular formula is C18H17ClN4O2. The molecule has 3 aromatic rings. The molecule has 3 rings (SSSR count). The first-order valence-corrected chi connectivity index (χ1v) is 8.04. The minimum Gasteiger partial charge on any atom is -0.362 e. The Morgan fingerprint density at radius 3 is 2.84 bits per heavy atom. The molecule has 0 aliphatic rings. The van der Waals surface area contributed by atoms with E-state index in [1.54, 1.807) is 24.4 Å². The van der Waals surface area contributed by atoms with E-state index in [1.165, 1.54) is 0 Å². The van der Waals surface area contributed by atoms with E-state index in [0.29, 0.717) is 17.3 Å². The van der Waals surface area contributed by atoms with Gasteiger partial charge in [0.2, 0.25) is 0 Å². The molecule has 0 unspecified atom stereocenters. The van der Waals surface area contributed by atoms with Gasteiger partial charge in [-0.1, -0.05) is 35.0 Å². The summed E-state index contributed by atoms with van der Waals surface area (Å²) in [6, 6.07) is 12.5. The normalized spacial score (nSPS) is 10.5. The van der Waals surface area contributed by atoms with Gasteiger partial charge < -0.3 is 14.7 Å². The van der Waals surface area contributed by atoms with Crippen LogP contribution in [-0.4, -0.2) is 30.1 Å². The van der Waals surface area contributed by atoms with E-state index in [-0.39, 0.29) is 11.6 Å². The number of nitrogens with zero attached hydrogens (tertiary/aromatic N) is 3. The summed E-state index contributed by atoms with van der Waals surface area (Å²) in [7, 11) is 3.81. The fourth-order valence-corrected chi connectivity index (χ4v) is 2.59. The summed E-state index contributed by atoms with van der Waals surface area (Å²) in [6.45, 7) is 0.347. The first kappa shape index (κ1) is 17.0. The summed E-state index contributed by atoms with van der Waals surface area (Å²) in [5, 5.41) is 7.26. The summed E-state index contributed by atoms with van der Waals surface area (Å²) in [6.07, 6.45) is 1.72. The van der Waals surface area contributed by atoms with E-state index in [4.69, 9.17) is 16.1 Å². The lowest BCUT2D eigenvalue weighted by Crippen LogP contribution is -2.24. The Bertz CT molecular complexity index is 892. The molecule has 0 saturated heterocycles. The van der Waals surface area contributed by atoms with Crippen molar-refractivity contribution in [3.05, 3.63) is 64.9 Å². The van der Waals surface area contributed by atoms with Crippen LogP contribution in [0.3, 0.4) is 0 Å². The van der Waals surface area contributed by atoms with Crippen molar-refractivity contribution in [3.8, 4) is 11.3 Å². The number of halogens is 1. The number of pyridine rings is 1. The van der Waals surface area contributed by atoms with Crippen molar-refractivity contribution < 1.29 is 9.32 Å². The Morgan fingerprint density at radius 1 is 1.24 bits per heavy atom. The molecule has 6 nitrogen and oxygen atoms in total. The van der Waals surface area contributed by atoms with Crippen LogP contribution in [-0.2, 0) is 6.54 Å². The predicted octanol–water partition coefficient (Wildman–Crippen LogP) is 3.39. The van der Waals surface area contributed by atoms with Crippen LogP contribution in [0.4, 0.5) is 5.82 Å². The van der Waals surface area contributed by atoms with Crippen LogP contribution in [0.15, 0.2) is 53.2 Å². The highest BCUT2D eigenvalue weighted by Crippen LogP contribution is 2.23. The molecule has 1 N–H and O–H groups in total. The fourth-order valence-electron chi connectivity index (χ4n) is 2.40. The topological polar surface area (TPSA) is 71.3 Å². The van der Waals surface area contributed by atoms with Crippen molar-refractivity contribution in [2.24, 2.45) is 0 Å². The zero-order valence-electron chi connectivity index (χ0n) is 13.9. The van der Waals surface area contributed by atoms with Crippen molar-refractivity contribution >= 4 is 23.3 Å². The number of aromatic nitrogens is 2. The summed E-state index contributed by atoms with van der Waals surface area (Å²) in [5.41, 5.74) is 1.89. The van der Waals surface area contributed by atoms with Gasteiger partial charge in [0.25, 0.3) is 5.91 Å². The molecular weight excluding hydrogens is 340 g/mol. The number of benzene rings is 1. The van der Waals surface area contributed by atoms with E-state index < -0.39 is 0 Å². The minimum atomic E-state index is -0.314. The number of carbonyl (C=O) groups excluding carboxylic acids is 1. The molecule has 25 heavy (non-hydrogen) atoms. The quantitative estimate of drug-likeness (QED) is 0.758. The average molecular weight is 357 g/mol. The van der Waals surface area contributed by atoms with Crippen molar-refractivity contribution in [1.29, 1.82) is 0 Å². The number of carbonyl (C=O) groups is 1. The van der Waals surface area contributed by atoms with Gasteiger partial charge in [0.15, 0.2) is 11.5 Å². The molecule has 2 aromatic heterocycles. The van der Waals surface area contributed by atoms with Gasteiger partial charge in [-0.25, -0.2) is 4.98 Å². The SMILES string of the molecule is CN(C)c1ncccc1CNC(=O)c1cc(-c2cccc(Cl)c2)on1. The highest BCUT2D eigenvalue weighted by atomic mass is 35.5. The number of rotatable bonds is 5. The molecule has 1 aromatic carbocycles. The van der Waals surface area contributed by atoms with E-state index >= 15 is 0 Å². The Morgan fingerprint density at radius 2 is 2.08 bits per heavy atom. The molecule has 2 heterocycles. The molecule has 128 valence electrons. The third kappa shape index (κ3) is 3.97. The zero-order valence-corrected chi connectivity index (χ0v) is 14.6. The third-order valence-electron chi connectivity index (χ3n) is 3.58. The van der Waals surface area contributed by atoms with Crippen molar-refractivity contribution in [3.63, 3.8) is 0 Å². The Labute approximate surface area is 150 Å². The molecule has 0 aliphatic carbocycles. The average Bonchev–Trinajstić information content (AvgIpc) is 3.10. The van der Waals surface area contributed by atoms with Gasteiger partial charge in [-0.15, -0.1) is 0 Å². The molecule has 7 heteroatoms. The zero-order chi connectivity index (χ0) is 17.8. The van der Waals surface area contributed by atoms with E-state index in [9.17, 15) is 4.79 Å².